The van der Waals surface area contributed by atoms with Gasteiger partial charge in [0.25, 0.3) is 0 Å². The Hall–Kier alpha value is -0.770. The van der Waals surface area contributed by atoms with Crippen LogP contribution in [0.3, 0.4) is 0 Å². The summed E-state index contributed by atoms with van der Waals surface area (Å²) in [6.45, 7) is 5.36. The Kier molecular flexibility index (Phi) is 2.57. The molecule has 1 rings (SSSR count). The second-order valence-corrected chi connectivity index (χ2v) is 3.74. The van der Waals surface area contributed by atoms with E-state index in [1.165, 1.54) is 0 Å². The second kappa shape index (κ2) is 3.31. The molecule has 2 atom stereocenters. The van der Waals surface area contributed by atoms with Crippen molar-refractivity contribution >= 4 is 5.96 Å². The number of piperidine rings is 1. The molecule has 12 heavy (non-hydrogen) atoms. The fourth-order valence-corrected chi connectivity index (χ4v) is 1.74. The van der Waals surface area contributed by atoms with E-state index in [4.69, 9.17) is 11.1 Å². The van der Waals surface area contributed by atoms with Crippen LogP contribution >= 0.6 is 0 Å². The van der Waals surface area contributed by atoms with E-state index in [0.717, 1.165) is 0 Å². The predicted octanol–water partition coefficient (Wildman–Crippen LogP) is -0.171. The number of aliphatic hydroxyl groups excluding tert-OH is 1. The van der Waals surface area contributed by atoms with E-state index in [1.807, 2.05) is 18.7 Å². The molecule has 0 aromatic carbocycles. The van der Waals surface area contributed by atoms with Gasteiger partial charge in [-0.15, -0.1) is 0 Å². The van der Waals surface area contributed by atoms with Crippen LogP contribution in [-0.4, -0.2) is 35.2 Å². The van der Waals surface area contributed by atoms with Gasteiger partial charge in [-0.25, -0.2) is 0 Å². The largest absolute Gasteiger partial charge is 0.392 e. The number of guanidine groups is 1. The van der Waals surface area contributed by atoms with Crippen LogP contribution in [0, 0.1) is 17.2 Å². The average Bonchev–Trinajstić information content (AvgIpc) is 1.99. The molecule has 0 radical (unpaired) electrons. The topological polar surface area (TPSA) is 73.3 Å². The highest BCUT2D eigenvalue weighted by Crippen LogP contribution is 2.21. The first-order chi connectivity index (χ1) is 5.52. The van der Waals surface area contributed by atoms with Crippen molar-refractivity contribution in [2.75, 3.05) is 13.1 Å². The van der Waals surface area contributed by atoms with Crippen LogP contribution in [0.4, 0.5) is 0 Å². The number of nitrogens with two attached hydrogens (primary N) is 1. The molecule has 0 aromatic heterocycles. The molecule has 2 unspecified atom stereocenters. The Labute approximate surface area is 72.9 Å². The molecule has 70 valence electrons. The van der Waals surface area contributed by atoms with Crippen LogP contribution in [0.2, 0.25) is 0 Å². The fraction of sp³-hybridized carbons (Fsp3) is 0.875. The van der Waals surface area contributed by atoms with Gasteiger partial charge in [-0.2, -0.15) is 0 Å². The first-order valence-electron chi connectivity index (χ1n) is 4.29. The molecule has 0 aromatic rings. The summed E-state index contributed by atoms with van der Waals surface area (Å²) in [4.78, 5) is 1.81. The Bertz CT molecular complexity index is 171. The van der Waals surface area contributed by atoms with Crippen LogP contribution in [-0.2, 0) is 0 Å². The summed E-state index contributed by atoms with van der Waals surface area (Å²) >= 11 is 0. The molecule has 0 saturated carbocycles. The SMILES string of the molecule is CC1CN(C(=N)N)CC(C)C1O. The summed E-state index contributed by atoms with van der Waals surface area (Å²) in [6.07, 6.45) is -0.249. The number of nitrogens with one attached hydrogen (secondary N) is 1. The highest BCUT2D eigenvalue weighted by Gasteiger charge is 2.30. The molecule has 4 N–H and O–H groups in total. The first kappa shape index (κ1) is 9.32. The van der Waals surface area contributed by atoms with Crippen molar-refractivity contribution < 1.29 is 5.11 Å². The van der Waals surface area contributed by atoms with Gasteiger partial charge in [-0.3, -0.25) is 5.41 Å². The van der Waals surface area contributed by atoms with Gasteiger partial charge >= 0.3 is 0 Å². The van der Waals surface area contributed by atoms with Gasteiger partial charge in [-0.05, 0) is 11.8 Å². The van der Waals surface area contributed by atoms with Gasteiger partial charge < -0.3 is 15.7 Å². The Balaban J connectivity index is 2.59. The summed E-state index contributed by atoms with van der Waals surface area (Å²) in [7, 11) is 0. The standard InChI is InChI=1S/C8H17N3O/c1-5-3-11(8(9)10)4-6(2)7(5)12/h5-7,12H,3-4H2,1-2H3,(H3,9,10). The van der Waals surface area contributed by atoms with Crippen LogP contribution in [0.5, 0.6) is 0 Å². The van der Waals surface area contributed by atoms with Crippen molar-refractivity contribution in [1.29, 1.82) is 5.41 Å². The smallest absolute Gasteiger partial charge is 0.188 e. The lowest BCUT2D eigenvalue weighted by atomic mass is 9.88. The molecule has 0 spiro atoms. The third-order valence-corrected chi connectivity index (χ3v) is 2.52. The van der Waals surface area contributed by atoms with Crippen molar-refractivity contribution in [3.8, 4) is 0 Å². The van der Waals surface area contributed by atoms with E-state index in [9.17, 15) is 5.11 Å². The number of likely N-dealkylation sites (tertiary alicyclic amines) is 1. The maximum Gasteiger partial charge on any atom is 0.188 e. The van der Waals surface area contributed by atoms with E-state index >= 15 is 0 Å². The van der Waals surface area contributed by atoms with Crippen molar-refractivity contribution in [1.82, 2.24) is 4.90 Å². The van der Waals surface area contributed by atoms with Crippen LogP contribution in [0.15, 0.2) is 0 Å². The van der Waals surface area contributed by atoms with Crippen LogP contribution in [0.25, 0.3) is 0 Å². The number of hydrogen-bond donors (Lipinski definition) is 3. The third-order valence-electron chi connectivity index (χ3n) is 2.52. The van der Waals surface area contributed by atoms with Gasteiger partial charge in [0.05, 0.1) is 6.10 Å². The highest BCUT2D eigenvalue weighted by molar-refractivity contribution is 5.74. The molecule has 1 fully saturated rings. The highest BCUT2D eigenvalue weighted by atomic mass is 16.3. The summed E-state index contributed by atoms with van der Waals surface area (Å²) in [6, 6.07) is 0. The minimum Gasteiger partial charge on any atom is -0.392 e. The minimum absolute atomic E-state index is 0.112. The number of hydrogen-bond acceptors (Lipinski definition) is 2. The monoisotopic (exact) mass is 171 g/mol. The zero-order valence-corrected chi connectivity index (χ0v) is 7.62. The third kappa shape index (κ3) is 1.69. The minimum atomic E-state index is -0.249. The van der Waals surface area contributed by atoms with Crippen LogP contribution < -0.4 is 5.73 Å². The Morgan fingerprint density at radius 1 is 1.42 bits per heavy atom. The van der Waals surface area contributed by atoms with Crippen molar-refractivity contribution in [3.63, 3.8) is 0 Å². The first-order valence-corrected chi connectivity index (χ1v) is 4.29. The van der Waals surface area contributed by atoms with Gasteiger partial charge in [0.2, 0.25) is 0 Å². The molecular formula is C8H17N3O. The maximum atomic E-state index is 9.61. The molecule has 1 aliphatic rings. The molecular weight excluding hydrogens is 154 g/mol. The van der Waals surface area contributed by atoms with E-state index in [-0.39, 0.29) is 23.9 Å². The molecule has 1 aliphatic heterocycles. The summed E-state index contributed by atoms with van der Waals surface area (Å²) < 4.78 is 0. The van der Waals surface area contributed by atoms with Gasteiger partial charge in [0.15, 0.2) is 5.96 Å². The zero-order valence-electron chi connectivity index (χ0n) is 7.62. The maximum absolute atomic E-state index is 9.61. The quantitative estimate of drug-likeness (QED) is 0.350. The summed E-state index contributed by atoms with van der Waals surface area (Å²) in [5, 5.41) is 16.9. The second-order valence-electron chi connectivity index (χ2n) is 3.74. The molecule has 1 heterocycles. The molecule has 0 amide bonds. The van der Waals surface area contributed by atoms with E-state index < -0.39 is 0 Å². The van der Waals surface area contributed by atoms with Gasteiger partial charge in [0, 0.05) is 13.1 Å². The number of aliphatic hydroxyl groups is 1. The molecule has 4 heteroatoms. The normalized spacial score (nSPS) is 36.6. The predicted molar refractivity (Wildman–Crippen MR) is 47.8 cm³/mol. The number of nitrogens with zero attached hydrogens (tertiary/aromatic N) is 1. The van der Waals surface area contributed by atoms with Crippen LogP contribution in [0.1, 0.15) is 13.8 Å². The lowest BCUT2D eigenvalue weighted by Crippen LogP contribution is -2.51. The molecule has 1 saturated heterocycles. The van der Waals surface area contributed by atoms with E-state index in [2.05, 4.69) is 0 Å². The van der Waals surface area contributed by atoms with Crippen molar-refractivity contribution in [2.45, 2.75) is 20.0 Å². The summed E-state index contributed by atoms with van der Waals surface area (Å²) in [5.74, 6) is 0.524. The molecule has 4 nitrogen and oxygen atoms in total. The lowest BCUT2D eigenvalue weighted by Gasteiger charge is -2.38. The zero-order chi connectivity index (χ0) is 9.30. The van der Waals surface area contributed by atoms with Gasteiger partial charge in [0.1, 0.15) is 0 Å². The Morgan fingerprint density at radius 3 is 2.17 bits per heavy atom. The lowest BCUT2D eigenvalue weighted by molar-refractivity contribution is 0.0134. The van der Waals surface area contributed by atoms with Gasteiger partial charge in [-0.1, -0.05) is 13.8 Å². The summed E-state index contributed by atoms with van der Waals surface area (Å²) in [5.41, 5.74) is 5.36. The number of rotatable bonds is 0. The average molecular weight is 171 g/mol. The Morgan fingerprint density at radius 2 is 1.83 bits per heavy atom. The van der Waals surface area contributed by atoms with Crippen molar-refractivity contribution in [2.24, 2.45) is 17.6 Å². The molecule has 0 bridgehead atoms. The van der Waals surface area contributed by atoms with E-state index in [1.54, 1.807) is 0 Å². The van der Waals surface area contributed by atoms with E-state index in [0.29, 0.717) is 13.1 Å². The fourth-order valence-electron chi connectivity index (χ4n) is 1.74. The molecule has 0 aliphatic carbocycles. The van der Waals surface area contributed by atoms with Crippen molar-refractivity contribution in [3.05, 3.63) is 0 Å².